The fraction of sp³-hybridized carbons (Fsp3) is 0.500. The molecule has 1 rings (SSSR count). The van der Waals surface area contributed by atoms with E-state index in [-0.39, 0.29) is 16.5 Å². The lowest BCUT2D eigenvalue weighted by Crippen LogP contribution is -2.41. The van der Waals surface area contributed by atoms with E-state index in [0.29, 0.717) is 6.54 Å². The zero-order valence-corrected chi connectivity index (χ0v) is 13.5. The number of nitrogens with two attached hydrogens (primary N) is 1. The molecular weight excluding hydrogens is 290 g/mol. The van der Waals surface area contributed by atoms with Gasteiger partial charge in [-0.1, -0.05) is 13.8 Å². The standard InChI is InChI=1S/C14H23N3O3S/c1-4-17(5-2)11(3)10-16-21(19,20)13-8-6-12(7-9-13)14(15)18/h6-9,11,16H,4-5,10H2,1-3H3,(H2,15,18). The number of amides is 1. The zero-order chi connectivity index (χ0) is 16.0. The van der Waals surface area contributed by atoms with Gasteiger partial charge in [-0.3, -0.25) is 9.69 Å². The van der Waals surface area contributed by atoms with Crippen molar-refractivity contribution in [3.8, 4) is 0 Å². The number of nitrogens with zero attached hydrogens (tertiary/aromatic N) is 1. The number of sulfonamides is 1. The molecule has 0 aromatic heterocycles. The van der Waals surface area contributed by atoms with Gasteiger partial charge in [-0.15, -0.1) is 0 Å². The highest BCUT2D eigenvalue weighted by atomic mass is 32.2. The molecule has 0 heterocycles. The molecule has 1 aromatic rings. The van der Waals surface area contributed by atoms with Crippen LogP contribution in [0.3, 0.4) is 0 Å². The molecule has 0 aliphatic rings. The van der Waals surface area contributed by atoms with Crippen LogP contribution < -0.4 is 10.5 Å². The summed E-state index contributed by atoms with van der Waals surface area (Å²) in [5.74, 6) is -0.581. The predicted molar refractivity (Wildman–Crippen MR) is 82.5 cm³/mol. The molecule has 3 N–H and O–H groups in total. The Morgan fingerprint density at radius 3 is 2.19 bits per heavy atom. The molecular formula is C14H23N3O3S. The maximum atomic E-state index is 12.2. The summed E-state index contributed by atoms with van der Waals surface area (Å²) >= 11 is 0. The second-order valence-electron chi connectivity index (χ2n) is 4.81. The van der Waals surface area contributed by atoms with Crippen molar-refractivity contribution >= 4 is 15.9 Å². The van der Waals surface area contributed by atoms with Crippen LogP contribution in [0, 0.1) is 0 Å². The Morgan fingerprint density at radius 1 is 1.24 bits per heavy atom. The zero-order valence-electron chi connectivity index (χ0n) is 12.7. The number of nitrogens with one attached hydrogen (secondary N) is 1. The van der Waals surface area contributed by atoms with E-state index in [4.69, 9.17) is 5.73 Å². The lowest BCUT2D eigenvalue weighted by Gasteiger charge is -2.26. The van der Waals surface area contributed by atoms with Crippen molar-refractivity contribution < 1.29 is 13.2 Å². The normalized spacial score (nSPS) is 13.3. The van der Waals surface area contributed by atoms with Gasteiger partial charge in [0.05, 0.1) is 4.90 Å². The molecule has 6 nitrogen and oxygen atoms in total. The van der Waals surface area contributed by atoms with Gasteiger partial charge < -0.3 is 5.73 Å². The van der Waals surface area contributed by atoms with E-state index < -0.39 is 15.9 Å². The van der Waals surface area contributed by atoms with Crippen LogP contribution >= 0.6 is 0 Å². The second-order valence-corrected chi connectivity index (χ2v) is 6.58. The molecule has 0 bridgehead atoms. The van der Waals surface area contributed by atoms with Gasteiger partial charge in [0.25, 0.3) is 0 Å². The smallest absolute Gasteiger partial charge is 0.248 e. The molecule has 0 aliphatic carbocycles. The average Bonchev–Trinajstić information content (AvgIpc) is 2.46. The largest absolute Gasteiger partial charge is 0.366 e. The Kier molecular flexibility index (Phi) is 6.32. The third-order valence-electron chi connectivity index (χ3n) is 3.45. The molecule has 0 saturated heterocycles. The van der Waals surface area contributed by atoms with E-state index in [1.807, 2.05) is 20.8 Å². The second kappa shape index (κ2) is 7.53. The van der Waals surface area contributed by atoms with Crippen LogP contribution in [0.1, 0.15) is 31.1 Å². The summed E-state index contributed by atoms with van der Waals surface area (Å²) in [6, 6.07) is 5.68. The van der Waals surface area contributed by atoms with Crippen molar-refractivity contribution in [2.75, 3.05) is 19.6 Å². The van der Waals surface area contributed by atoms with Gasteiger partial charge in [-0.25, -0.2) is 13.1 Å². The molecule has 1 amide bonds. The van der Waals surface area contributed by atoms with E-state index in [0.717, 1.165) is 13.1 Å². The topological polar surface area (TPSA) is 92.5 Å². The molecule has 1 aromatic carbocycles. The van der Waals surface area contributed by atoms with E-state index in [2.05, 4.69) is 9.62 Å². The Balaban J connectivity index is 2.75. The number of carbonyl (C=O) groups is 1. The minimum atomic E-state index is -3.58. The molecule has 0 spiro atoms. The minimum absolute atomic E-state index is 0.111. The first-order chi connectivity index (χ1) is 9.81. The average molecular weight is 313 g/mol. The number of likely N-dealkylation sites (N-methyl/N-ethyl adjacent to an activating group) is 1. The van der Waals surface area contributed by atoms with Crippen LogP contribution in [-0.4, -0.2) is 44.9 Å². The van der Waals surface area contributed by atoms with Crippen molar-refractivity contribution in [1.82, 2.24) is 9.62 Å². The SMILES string of the molecule is CCN(CC)C(C)CNS(=O)(=O)c1ccc(C(N)=O)cc1. The Bertz CT molecular complexity index is 566. The highest BCUT2D eigenvalue weighted by Gasteiger charge is 2.17. The molecule has 0 aliphatic heterocycles. The highest BCUT2D eigenvalue weighted by Crippen LogP contribution is 2.10. The molecule has 7 heteroatoms. The van der Waals surface area contributed by atoms with E-state index in [9.17, 15) is 13.2 Å². The summed E-state index contributed by atoms with van der Waals surface area (Å²) in [5.41, 5.74) is 5.41. The Hall–Kier alpha value is -1.44. The van der Waals surface area contributed by atoms with Gasteiger partial charge in [-0.2, -0.15) is 0 Å². The number of hydrogen-bond donors (Lipinski definition) is 2. The van der Waals surface area contributed by atoms with Crippen LogP contribution in [0.4, 0.5) is 0 Å². The fourth-order valence-electron chi connectivity index (χ4n) is 2.09. The van der Waals surface area contributed by atoms with Gasteiger partial charge in [-0.05, 0) is 44.3 Å². The number of benzene rings is 1. The summed E-state index contributed by atoms with van der Waals surface area (Å²) in [6.45, 7) is 8.13. The molecule has 1 atom stereocenters. The summed E-state index contributed by atoms with van der Waals surface area (Å²) < 4.78 is 26.9. The van der Waals surface area contributed by atoms with Crippen LogP contribution in [0.25, 0.3) is 0 Å². The van der Waals surface area contributed by atoms with Crippen molar-refractivity contribution in [1.29, 1.82) is 0 Å². The van der Waals surface area contributed by atoms with Gasteiger partial charge in [0.15, 0.2) is 0 Å². The molecule has 0 fully saturated rings. The van der Waals surface area contributed by atoms with Gasteiger partial charge in [0, 0.05) is 18.2 Å². The number of rotatable bonds is 8. The third kappa shape index (κ3) is 4.80. The highest BCUT2D eigenvalue weighted by molar-refractivity contribution is 7.89. The van der Waals surface area contributed by atoms with Crippen LogP contribution in [-0.2, 0) is 10.0 Å². The van der Waals surface area contributed by atoms with Crippen molar-refractivity contribution in [2.45, 2.75) is 31.7 Å². The van der Waals surface area contributed by atoms with Gasteiger partial charge in [0.1, 0.15) is 0 Å². The molecule has 21 heavy (non-hydrogen) atoms. The van der Waals surface area contributed by atoms with E-state index in [1.165, 1.54) is 24.3 Å². The van der Waals surface area contributed by atoms with Crippen LogP contribution in [0.15, 0.2) is 29.2 Å². The molecule has 1 unspecified atom stereocenters. The Morgan fingerprint density at radius 2 is 1.76 bits per heavy atom. The summed E-state index contributed by atoms with van der Waals surface area (Å²) in [5, 5.41) is 0. The molecule has 118 valence electrons. The monoisotopic (exact) mass is 313 g/mol. The summed E-state index contributed by atoms with van der Waals surface area (Å²) in [6.07, 6.45) is 0. The fourth-order valence-corrected chi connectivity index (χ4v) is 3.21. The van der Waals surface area contributed by atoms with E-state index in [1.54, 1.807) is 0 Å². The van der Waals surface area contributed by atoms with Crippen LogP contribution in [0.5, 0.6) is 0 Å². The first-order valence-electron chi connectivity index (χ1n) is 6.95. The number of hydrogen-bond acceptors (Lipinski definition) is 4. The quantitative estimate of drug-likeness (QED) is 0.742. The lowest BCUT2D eigenvalue weighted by molar-refractivity contribution is 0.1000. The third-order valence-corrected chi connectivity index (χ3v) is 4.89. The number of carbonyl (C=O) groups excluding carboxylic acids is 1. The van der Waals surface area contributed by atoms with Gasteiger partial charge in [0.2, 0.25) is 15.9 Å². The first kappa shape index (κ1) is 17.6. The maximum absolute atomic E-state index is 12.2. The maximum Gasteiger partial charge on any atom is 0.248 e. The minimum Gasteiger partial charge on any atom is -0.366 e. The van der Waals surface area contributed by atoms with Crippen molar-refractivity contribution in [3.63, 3.8) is 0 Å². The summed E-state index contributed by atoms with van der Waals surface area (Å²) in [4.78, 5) is 13.3. The van der Waals surface area contributed by atoms with Crippen molar-refractivity contribution in [3.05, 3.63) is 29.8 Å². The lowest BCUT2D eigenvalue weighted by atomic mass is 10.2. The van der Waals surface area contributed by atoms with Crippen molar-refractivity contribution in [2.24, 2.45) is 5.73 Å². The molecule has 0 saturated carbocycles. The Labute approximate surface area is 126 Å². The number of primary amides is 1. The van der Waals surface area contributed by atoms with Gasteiger partial charge >= 0.3 is 0 Å². The van der Waals surface area contributed by atoms with E-state index >= 15 is 0 Å². The predicted octanol–water partition coefficient (Wildman–Crippen LogP) is 0.794. The summed E-state index contributed by atoms with van der Waals surface area (Å²) in [7, 11) is -3.58. The van der Waals surface area contributed by atoms with Crippen LogP contribution in [0.2, 0.25) is 0 Å². The first-order valence-corrected chi connectivity index (χ1v) is 8.43. The molecule has 0 radical (unpaired) electrons.